The van der Waals surface area contributed by atoms with Crippen molar-refractivity contribution in [3.05, 3.63) is 95.6 Å². The third-order valence-corrected chi connectivity index (χ3v) is 8.44. The first-order chi connectivity index (χ1) is 26.9. The van der Waals surface area contributed by atoms with E-state index in [1.165, 1.54) is 55.5 Å². The highest BCUT2D eigenvalue weighted by molar-refractivity contribution is 5.98. The fourth-order valence-corrected chi connectivity index (χ4v) is 5.39. The molecule has 0 unspecified atom stereocenters. The topological polar surface area (TPSA) is 330 Å². The van der Waals surface area contributed by atoms with Crippen molar-refractivity contribution < 1.29 is 58.8 Å². The van der Waals surface area contributed by atoms with Gasteiger partial charge in [-0.15, -0.1) is 0 Å². The fraction of sp³-hybridized carbons (Fsp3) is 0.316. The second-order valence-electron chi connectivity index (χ2n) is 13.1. The number of phenolic OH excluding ortho intramolecular Hbond substituents is 2. The highest BCUT2D eigenvalue weighted by Crippen LogP contribution is 2.14. The zero-order chi connectivity index (χ0) is 42.2. The molecule has 19 heteroatoms. The molecule has 0 aliphatic heterocycles. The quantitative estimate of drug-likeness (QED) is 0.0576. The Morgan fingerprint density at radius 1 is 0.526 bits per heavy atom. The third-order valence-electron chi connectivity index (χ3n) is 8.44. The number of hydrogen-bond acceptors (Lipinski definition) is 11. The number of aliphatic carboxylic acids is 2. The third kappa shape index (κ3) is 15.0. The van der Waals surface area contributed by atoms with Crippen molar-refractivity contribution in [2.75, 3.05) is 0 Å². The number of rotatable bonds is 21. The normalized spacial score (nSPS) is 13.9. The molecule has 6 atom stereocenters. The van der Waals surface area contributed by atoms with E-state index in [0.717, 1.165) is 0 Å². The Morgan fingerprint density at radius 3 is 1.39 bits per heavy atom. The molecule has 3 rings (SSSR count). The number of carbonyl (C=O) groups is 8. The van der Waals surface area contributed by atoms with Gasteiger partial charge < -0.3 is 58.5 Å². The average Bonchev–Trinajstić information content (AvgIpc) is 3.15. The van der Waals surface area contributed by atoms with Gasteiger partial charge in [0.25, 0.3) is 0 Å². The van der Waals surface area contributed by atoms with Crippen LogP contribution in [-0.2, 0) is 57.6 Å². The maximum atomic E-state index is 14.0. The number of benzene rings is 3. The first-order valence-electron chi connectivity index (χ1n) is 17.5. The van der Waals surface area contributed by atoms with Crippen molar-refractivity contribution >= 4 is 47.4 Å². The first kappa shape index (κ1) is 44.4. The fourth-order valence-electron chi connectivity index (χ4n) is 5.39. The zero-order valence-electron chi connectivity index (χ0n) is 30.7. The number of amides is 6. The Morgan fingerprint density at radius 2 is 0.930 bits per heavy atom. The smallest absolute Gasteiger partial charge is 0.326 e. The molecule has 19 nitrogen and oxygen atoms in total. The van der Waals surface area contributed by atoms with Gasteiger partial charge in [0.1, 0.15) is 41.7 Å². The molecule has 0 bridgehead atoms. The predicted octanol–water partition coefficient (Wildman–Crippen LogP) is -1.67. The van der Waals surface area contributed by atoms with Crippen LogP contribution in [0.1, 0.15) is 36.5 Å². The van der Waals surface area contributed by atoms with Crippen LogP contribution in [0.5, 0.6) is 11.5 Å². The molecule has 13 N–H and O–H groups in total. The van der Waals surface area contributed by atoms with Gasteiger partial charge in [-0.1, -0.05) is 54.6 Å². The number of carboxylic acids is 2. The molecule has 304 valence electrons. The lowest BCUT2D eigenvalue weighted by molar-refractivity contribution is -0.142. The Kier molecular flexibility index (Phi) is 16.5. The summed E-state index contributed by atoms with van der Waals surface area (Å²) in [7, 11) is 0. The largest absolute Gasteiger partial charge is 0.508 e. The molecule has 6 amide bonds. The maximum absolute atomic E-state index is 14.0. The summed E-state index contributed by atoms with van der Waals surface area (Å²) in [6.07, 6.45) is -2.06. The molecule has 0 saturated carbocycles. The van der Waals surface area contributed by atoms with Crippen molar-refractivity contribution in [2.24, 2.45) is 11.5 Å². The number of phenols is 2. The Hall–Kier alpha value is -7.02. The second kappa shape index (κ2) is 21.2. The molecule has 0 aliphatic rings. The van der Waals surface area contributed by atoms with Gasteiger partial charge in [-0.05, 0) is 47.9 Å². The zero-order valence-corrected chi connectivity index (χ0v) is 30.7. The van der Waals surface area contributed by atoms with E-state index in [9.17, 15) is 53.7 Å². The van der Waals surface area contributed by atoms with Gasteiger partial charge in [0.15, 0.2) is 0 Å². The lowest BCUT2D eigenvalue weighted by Crippen LogP contribution is -2.60. The minimum atomic E-state index is -1.70. The Labute approximate surface area is 326 Å². The number of nitrogens with one attached hydrogen (secondary N) is 5. The van der Waals surface area contributed by atoms with Crippen LogP contribution < -0.4 is 38.1 Å². The highest BCUT2D eigenvalue weighted by Gasteiger charge is 2.33. The van der Waals surface area contributed by atoms with E-state index < -0.39 is 96.5 Å². The van der Waals surface area contributed by atoms with E-state index in [-0.39, 0.29) is 30.8 Å². The number of aromatic hydroxyl groups is 2. The number of primary amides is 1. The molecule has 0 radical (unpaired) electrons. The van der Waals surface area contributed by atoms with E-state index in [2.05, 4.69) is 26.6 Å². The van der Waals surface area contributed by atoms with Crippen LogP contribution in [0.2, 0.25) is 0 Å². The summed E-state index contributed by atoms with van der Waals surface area (Å²) in [5.41, 5.74) is 12.4. The molecule has 0 spiro atoms. The van der Waals surface area contributed by atoms with E-state index in [4.69, 9.17) is 16.6 Å². The summed E-state index contributed by atoms with van der Waals surface area (Å²) in [5, 5.41) is 50.1. The Balaban J connectivity index is 1.86. The van der Waals surface area contributed by atoms with Crippen molar-refractivity contribution in [1.29, 1.82) is 0 Å². The number of carboxylic acid groups (broad SMARTS) is 2. The minimum absolute atomic E-state index is 0.0341. The number of nitrogens with two attached hydrogens (primary N) is 2. The molecule has 0 saturated heterocycles. The lowest BCUT2D eigenvalue weighted by Gasteiger charge is -2.26. The second-order valence-corrected chi connectivity index (χ2v) is 13.1. The summed E-state index contributed by atoms with van der Waals surface area (Å²) in [6, 6.07) is 10.8. The van der Waals surface area contributed by atoms with Crippen LogP contribution in [0.3, 0.4) is 0 Å². The first-order valence-corrected chi connectivity index (χ1v) is 17.5. The summed E-state index contributed by atoms with van der Waals surface area (Å²) in [5.74, 6) is -8.75. The van der Waals surface area contributed by atoms with Crippen LogP contribution in [0.25, 0.3) is 0 Å². The van der Waals surface area contributed by atoms with Gasteiger partial charge in [0.05, 0.1) is 18.9 Å². The van der Waals surface area contributed by atoms with Gasteiger partial charge in [0, 0.05) is 19.3 Å². The minimum Gasteiger partial charge on any atom is -0.508 e. The van der Waals surface area contributed by atoms with Crippen LogP contribution in [0.15, 0.2) is 78.9 Å². The standard InChI is InChI=1S/C38H45N7O12/c1-20(33(51)45-30(38(56)57)17-23-9-13-25(47)14-10-23)41-35(53)27(15-21-5-3-2-4-6-21)43-36(54)28(16-22-7-11-24(46)12-8-22)44-37(55)29(19-31(40)48)42-34(52)26(39)18-32(49)50/h2-14,20,26-30,46-47H,15-19,39H2,1H3,(H2,40,48)(H,41,53)(H,42,52)(H,43,54)(H,44,55)(H,45,51)(H,49,50)(H,56,57)/t20-,26-,27-,28-,29-,30-/m0/s1. The summed E-state index contributed by atoms with van der Waals surface area (Å²) >= 11 is 0. The van der Waals surface area contributed by atoms with Crippen LogP contribution in [0, 0.1) is 0 Å². The van der Waals surface area contributed by atoms with Crippen molar-refractivity contribution in [2.45, 2.75) is 75.3 Å². The van der Waals surface area contributed by atoms with Crippen molar-refractivity contribution in [1.82, 2.24) is 26.6 Å². The maximum Gasteiger partial charge on any atom is 0.326 e. The lowest BCUT2D eigenvalue weighted by atomic mass is 10.0. The molecule has 0 heterocycles. The Bertz CT molecular complexity index is 1910. The number of carbonyl (C=O) groups excluding carboxylic acids is 6. The molecule has 3 aromatic carbocycles. The molecular formula is C38H45N7O12. The van der Waals surface area contributed by atoms with Gasteiger partial charge in [-0.25, -0.2) is 4.79 Å². The van der Waals surface area contributed by atoms with Crippen LogP contribution in [-0.4, -0.2) is 104 Å². The summed E-state index contributed by atoms with van der Waals surface area (Å²) in [4.78, 5) is 102. The van der Waals surface area contributed by atoms with Gasteiger partial charge >= 0.3 is 11.9 Å². The molecule has 57 heavy (non-hydrogen) atoms. The predicted molar refractivity (Wildman–Crippen MR) is 201 cm³/mol. The van der Waals surface area contributed by atoms with E-state index >= 15 is 0 Å². The van der Waals surface area contributed by atoms with E-state index in [1.807, 2.05) is 0 Å². The molecule has 3 aromatic rings. The molecule has 0 aromatic heterocycles. The summed E-state index contributed by atoms with van der Waals surface area (Å²) in [6.45, 7) is 1.30. The van der Waals surface area contributed by atoms with E-state index in [0.29, 0.717) is 16.7 Å². The van der Waals surface area contributed by atoms with Gasteiger partial charge in [-0.2, -0.15) is 0 Å². The van der Waals surface area contributed by atoms with Crippen molar-refractivity contribution in [3.8, 4) is 11.5 Å². The molecular weight excluding hydrogens is 746 g/mol. The van der Waals surface area contributed by atoms with Crippen molar-refractivity contribution in [3.63, 3.8) is 0 Å². The van der Waals surface area contributed by atoms with Gasteiger partial charge in [0.2, 0.25) is 35.4 Å². The highest BCUT2D eigenvalue weighted by atomic mass is 16.4. The summed E-state index contributed by atoms with van der Waals surface area (Å²) < 4.78 is 0. The SMILES string of the molecule is C[C@H](NC(=O)[C@H](Cc1ccccc1)NC(=O)[C@H](Cc1ccc(O)cc1)NC(=O)[C@H](CC(N)=O)NC(=O)[C@@H](N)CC(=O)O)C(=O)N[C@@H](Cc1ccc(O)cc1)C(=O)O. The van der Waals surface area contributed by atoms with E-state index in [1.54, 1.807) is 30.3 Å². The monoisotopic (exact) mass is 791 g/mol. The molecule has 0 aliphatic carbocycles. The van der Waals surface area contributed by atoms with Crippen LogP contribution >= 0.6 is 0 Å². The molecule has 0 fully saturated rings. The average molecular weight is 792 g/mol. The van der Waals surface area contributed by atoms with Crippen LogP contribution in [0.4, 0.5) is 0 Å². The van der Waals surface area contributed by atoms with Gasteiger partial charge in [-0.3, -0.25) is 33.6 Å². The number of hydrogen-bond donors (Lipinski definition) is 11.